The van der Waals surface area contributed by atoms with E-state index in [0.29, 0.717) is 6.54 Å². The molecule has 3 saturated heterocycles. The Hall–Kier alpha value is -1.75. The minimum absolute atomic E-state index is 0.0334. The molecule has 3 aliphatic heterocycles. The van der Waals surface area contributed by atoms with Crippen LogP contribution in [0, 0.1) is 11.8 Å². The van der Waals surface area contributed by atoms with Gasteiger partial charge in [0.25, 0.3) is 0 Å². The van der Waals surface area contributed by atoms with Gasteiger partial charge in [0, 0.05) is 12.4 Å². The van der Waals surface area contributed by atoms with Crippen molar-refractivity contribution >= 4 is 11.8 Å². The lowest BCUT2D eigenvalue weighted by molar-refractivity contribution is -0.143. The van der Waals surface area contributed by atoms with Crippen molar-refractivity contribution in [2.45, 2.75) is 31.6 Å². The van der Waals surface area contributed by atoms with Gasteiger partial charge in [-0.15, -0.1) is 0 Å². The highest BCUT2D eigenvalue weighted by Crippen LogP contribution is 2.48. The van der Waals surface area contributed by atoms with Crippen LogP contribution in [0.15, 0.2) is 24.5 Å². The molecule has 98 valence electrons. The molecule has 3 fully saturated rings. The lowest BCUT2D eigenvalue weighted by Crippen LogP contribution is -2.33. The Morgan fingerprint density at radius 2 is 1.68 bits per heavy atom. The molecule has 0 aromatic carbocycles. The molecule has 0 saturated carbocycles. The average Bonchev–Trinajstić information content (AvgIpc) is 3.10. The fourth-order valence-corrected chi connectivity index (χ4v) is 3.60. The van der Waals surface area contributed by atoms with Crippen LogP contribution in [0.2, 0.25) is 0 Å². The molecule has 5 heteroatoms. The number of imide groups is 1. The Kier molecular flexibility index (Phi) is 2.26. The lowest BCUT2D eigenvalue weighted by Gasteiger charge is -2.17. The predicted molar refractivity (Wildman–Crippen MR) is 64.7 cm³/mol. The van der Waals surface area contributed by atoms with E-state index < -0.39 is 0 Å². The number of hydrogen-bond donors (Lipinski definition) is 0. The Morgan fingerprint density at radius 1 is 1.11 bits per heavy atom. The van der Waals surface area contributed by atoms with Gasteiger partial charge in [-0.1, -0.05) is 0 Å². The highest BCUT2D eigenvalue weighted by atomic mass is 16.5. The Labute approximate surface area is 110 Å². The summed E-state index contributed by atoms with van der Waals surface area (Å²) in [7, 11) is 0. The van der Waals surface area contributed by atoms with Gasteiger partial charge in [0.05, 0.1) is 30.6 Å². The van der Waals surface area contributed by atoms with E-state index in [2.05, 4.69) is 4.98 Å². The maximum Gasteiger partial charge on any atom is 0.236 e. The number of rotatable bonds is 2. The SMILES string of the molecule is O=C1[C@@H]2[C@@H](C(=O)N1Cc1ccncc1)[C@H]1CC[C@H]2O1. The molecule has 5 nitrogen and oxygen atoms in total. The molecule has 2 amide bonds. The molecule has 19 heavy (non-hydrogen) atoms. The van der Waals surface area contributed by atoms with Gasteiger partial charge in [-0.2, -0.15) is 0 Å². The van der Waals surface area contributed by atoms with Gasteiger partial charge in [0.2, 0.25) is 11.8 Å². The molecule has 0 spiro atoms. The van der Waals surface area contributed by atoms with Crippen molar-refractivity contribution in [1.82, 2.24) is 9.88 Å². The molecular weight excluding hydrogens is 244 g/mol. The second kappa shape index (κ2) is 3.87. The van der Waals surface area contributed by atoms with Crippen LogP contribution in [0.5, 0.6) is 0 Å². The highest BCUT2D eigenvalue weighted by molar-refractivity contribution is 6.06. The summed E-state index contributed by atoms with van der Waals surface area (Å²) in [6, 6.07) is 3.67. The molecule has 0 aliphatic carbocycles. The number of fused-ring (bicyclic) bond motifs is 5. The summed E-state index contributed by atoms with van der Waals surface area (Å²) >= 11 is 0. The molecule has 0 radical (unpaired) electrons. The first kappa shape index (κ1) is 11.1. The third kappa shape index (κ3) is 1.48. The third-order valence-electron chi connectivity index (χ3n) is 4.47. The summed E-state index contributed by atoms with van der Waals surface area (Å²) < 4.78 is 5.70. The normalized spacial score (nSPS) is 36.1. The standard InChI is InChI=1S/C14H14N2O3/c17-13-11-9-1-2-10(19-9)12(11)14(18)16(13)7-8-3-5-15-6-4-8/h3-6,9-12H,1-2,7H2/t9-,10-,11+,12+/m1/s1. The lowest BCUT2D eigenvalue weighted by atomic mass is 9.81. The minimum atomic E-state index is -0.229. The first-order valence-corrected chi connectivity index (χ1v) is 6.65. The smallest absolute Gasteiger partial charge is 0.236 e. The van der Waals surface area contributed by atoms with Crippen molar-refractivity contribution in [1.29, 1.82) is 0 Å². The molecule has 1 aromatic heterocycles. The number of nitrogens with zero attached hydrogens (tertiary/aromatic N) is 2. The number of likely N-dealkylation sites (tertiary alicyclic amines) is 1. The van der Waals surface area contributed by atoms with Gasteiger partial charge < -0.3 is 4.74 Å². The Morgan fingerprint density at radius 3 is 2.26 bits per heavy atom. The zero-order valence-electron chi connectivity index (χ0n) is 10.4. The topological polar surface area (TPSA) is 59.5 Å². The molecule has 0 N–H and O–H groups in total. The van der Waals surface area contributed by atoms with Crippen molar-refractivity contribution in [3.8, 4) is 0 Å². The van der Waals surface area contributed by atoms with Gasteiger partial charge in [0.1, 0.15) is 0 Å². The van der Waals surface area contributed by atoms with Gasteiger partial charge >= 0.3 is 0 Å². The second-order valence-electron chi connectivity index (χ2n) is 5.46. The van der Waals surface area contributed by atoms with Crippen molar-refractivity contribution in [3.63, 3.8) is 0 Å². The van der Waals surface area contributed by atoms with E-state index in [1.807, 2.05) is 12.1 Å². The maximum absolute atomic E-state index is 12.4. The van der Waals surface area contributed by atoms with E-state index in [1.54, 1.807) is 12.4 Å². The quantitative estimate of drug-likeness (QED) is 0.734. The number of ether oxygens (including phenoxy) is 1. The van der Waals surface area contributed by atoms with Crippen LogP contribution >= 0.6 is 0 Å². The van der Waals surface area contributed by atoms with E-state index in [4.69, 9.17) is 4.74 Å². The number of amides is 2. The zero-order valence-corrected chi connectivity index (χ0v) is 10.4. The average molecular weight is 258 g/mol. The summed E-state index contributed by atoms with van der Waals surface area (Å²) in [5.41, 5.74) is 0.935. The van der Waals surface area contributed by atoms with Crippen molar-refractivity contribution in [3.05, 3.63) is 30.1 Å². The predicted octanol–water partition coefficient (Wildman–Crippen LogP) is 0.744. The van der Waals surface area contributed by atoms with Crippen LogP contribution in [0.3, 0.4) is 0 Å². The van der Waals surface area contributed by atoms with Crippen LogP contribution < -0.4 is 0 Å². The second-order valence-corrected chi connectivity index (χ2v) is 5.46. The van der Waals surface area contributed by atoms with Crippen LogP contribution in [0.4, 0.5) is 0 Å². The van der Waals surface area contributed by atoms with E-state index >= 15 is 0 Å². The third-order valence-corrected chi connectivity index (χ3v) is 4.47. The van der Waals surface area contributed by atoms with Gasteiger partial charge in [-0.3, -0.25) is 19.5 Å². The molecule has 4 rings (SSSR count). The molecule has 3 aliphatic rings. The summed E-state index contributed by atoms with van der Waals surface area (Å²) in [6.45, 7) is 0.354. The monoisotopic (exact) mass is 258 g/mol. The van der Waals surface area contributed by atoms with E-state index in [1.165, 1.54) is 4.90 Å². The van der Waals surface area contributed by atoms with Crippen LogP contribution in [0.25, 0.3) is 0 Å². The van der Waals surface area contributed by atoms with E-state index in [0.717, 1.165) is 18.4 Å². The van der Waals surface area contributed by atoms with Gasteiger partial charge in [-0.25, -0.2) is 0 Å². The number of carbonyl (C=O) groups excluding carboxylic acids is 2. The number of aromatic nitrogens is 1. The molecule has 0 unspecified atom stereocenters. The largest absolute Gasteiger partial charge is 0.373 e. The highest BCUT2D eigenvalue weighted by Gasteiger charge is 2.62. The summed E-state index contributed by atoms with van der Waals surface area (Å²) in [6.07, 6.45) is 5.10. The van der Waals surface area contributed by atoms with Crippen LogP contribution in [-0.4, -0.2) is 33.9 Å². The summed E-state index contributed by atoms with van der Waals surface area (Å²) in [5.74, 6) is -0.570. The fraction of sp³-hybridized carbons (Fsp3) is 0.500. The minimum Gasteiger partial charge on any atom is -0.373 e. The first-order valence-electron chi connectivity index (χ1n) is 6.65. The van der Waals surface area contributed by atoms with E-state index in [-0.39, 0.29) is 35.9 Å². The Balaban J connectivity index is 1.61. The molecule has 2 bridgehead atoms. The fourth-order valence-electron chi connectivity index (χ4n) is 3.60. The van der Waals surface area contributed by atoms with Crippen LogP contribution in [0.1, 0.15) is 18.4 Å². The molecule has 4 atom stereocenters. The van der Waals surface area contributed by atoms with Crippen molar-refractivity contribution in [2.75, 3.05) is 0 Å². The number of pyridine rings is 1. The number of carbonyl (C=O) groups is 2. The van der Waals surface area contributed by atoms with Gasteiger partial charge in [-0.05, 0) is 30.5 Å². The van der Waals surface area contributed by atoms with E-state index in [9.17, 15) is 9.59 Å². The Bertz CT molecular complexity index is 517. The maximum atomic E-state index is 12.4. The first-order chi connectivity index (χ1) is 9.25. The van der Waals surface area contributed by atoms with Gasteiger partial charge in [0.15, 0.2) is 0 Å². The summed E-state index contributed by atoms with van der Waals surface area (Å²) in [4.78, 5) is 30.1. The van der Waals surface area contributed by atoms with Crippen LogP contribution in [-0.2, 0) is 20.9 Å². The van der Waals surface area contributed by atoms with Crippen molar-refractivity contribution in [2.24, 2.45) is 11.8 Å². The molecule has 1 aromatic rings. The number of hydrogen-bond acceptors (Lipinski definition) is 4. The zero-order chi connectivity index (χ0) is 13.0. The van der Waals surface area contributed by atoms with Crippen molar-refractivity contribution < 1.29 is 14.3 Å². The molecule has 4 heterocycles. The summed E-state index contributed by atoms with van der Waals surface area (Å²) in [5, 5.41) is 0. The molecular formula is C14H14N2O3.